The van der Waals surface area contributed by atoms with Crippen molar-refractivity contribution in [2.45, 2.75) is 31.8 Å². The third-order valence-electron chi connectivity index (χ3n) is 2.97. The van der Waals surface area contributed by atoms with Crippen molar-refractivity contribution in [1.29, 1.82) is 0 Å². The normalized spacial score (nSPS) is 18.6. The van der Waals surface area contributed by atoms with Crippen LogP contribution in [0.5, 0.6) is 0 Å². The molecule has 1 atom stereocenters. The summed E-state index contributed by atoms with van der Waals surface area (Å²) in [7, 11) is 0. The first-order valence-corrected chi connectivity index (χ1v) is 5.99. The maximum Gasteiger partial charge on any atom is 0.323 e. The zero-order valence-corrected chi connectivity index (χ0v) is 10.0. The molecule has 1 aliphatic rings. The van der Waals surface area contributed by atoms with E-state index in [1.807, 2.05) is 0 Å². The number of aromatic nitrogens is 1. The largest absolute Gasteiger partial charge is 0.480 e. The number of amides is 1. The molecule has 0 saturated heterocycles. The van der Waals surface area contributed by atoms with E-state index in [-0.39, 0.29) is 18.5 Å². The second kappa shape index (κ2) is 5.53. The molecule has 0 aromatic carbocycles. The van der Waals surface area contributed by atoms with E-state index in [2.05, 4.69) is 17.5 Å². The van der Waals surface area contributed by atoms with E-state index < -0.39 is 5.97 Å². The van der Waals surface area contributed by atoms with Gasteiger partial charge in [-0.2, -0.15) is 0 Å². The van der Waals surface area contributed by atoms with Crippen LogP contribution in [0.25, 0.3) is 0 Å². The molecule has 1 amide bonds. The Morgan fingerprint density at radius 2 is 2.28 bits per heavy atom. The molecule has 0 fully saturated rings. The Hall–Kier alpha value is -2.04. The lowest BCUT2D eigenvalue weighted by atomic mass is 10.0. The van der Waals surface area contributed by atoms with Crippen LogP contribution < -0.4 is 5.32 Å². The molecule has 0 spiro atoms. The van der Waals surface area contributed by atoms with Gasteiger partial charge in [0, 0.05) is 12.2 Å². The molecule has 96 valence electrons. The van der Waals surface area contributed by atoms with Gasteiger partial charge in [0.1, 0.15) is 12.2 Å². The lowest BCUT2D eigenvalue weighted by Crippen LogP contribution is -2.36. The first-order valence-electron chi connectivity index (χ1n) is 5.99. The molecule has 5 heteroatoms. The van der Waals surface area contributed by atoms with E-state index in [1.54, 1.807) is 18.3 Å². The van der Waals surface area contributed by atoms with Crippen molar-refractivity contribution in [2.24, 2.45) is 0 Å². The average Bonchev–Trinajstić information content (AvgIpc) is 2.77. The van der Waals surface area contributed by atoms with Crippen LogP contribution in [0.1, 0.15) is 29.8 Å². The standard InChI is InChI=1S/C13H16N2O3/c16-12(17)9-15-8-4-7-11(15)13(18)14-10-5-2-1-3-6-10/h1-2,4,7-8,10H,3,5-6,9H2,(H,14,18)(H,16,17). The Balaban J connectivity index is 2.02. The number of nitrogens with zero attached hydrogens (tertiary/aromatic N) is 1. The molecule has 18 heavy (non-hydrogen) atoms. The number of carbonyl (C=O) groups excluding carboxylic acids is 1. The van der Waals surface area contributed by atoms with Crippen LogP contribution in [0.3, 0.4) is 0 Å². The second-order valence-corrected chi connectivity index (χ2v) is 4.37. The summed E-state index contributed by atoms with van der Waals surface area (Å²) in [4.78, 5) is 22.7. The fourth-order valence-corrected chi connectivity index (χ4v) is 2.09. The molecular weight excluding hydrogens is 232 g/mol. The van der Waals surface area contributed by atoms with Crippen molar-refractivity contribution < 1.29 is 14.7 Å². The number of hydrogen-bond acceptors (Lipinski definition) is 2. The molecule has 0 radical (unpaired) electrons. The highest BCUT2D eigenvalue weighted by Crippen LogP contribution is 2.12. The summed E-state index contributed by atoms with van der Waals surface area (Å²) in [6.45, 7) is -0.194. The monoisotopic (exact) mass is 248 g/mol. The van der Waals surface area contributed by atoms with Crippen LogP contribution in [0.4, 0.5) is 0 Å². The predicted octanol–water partition coefficient (Wildman–Crippen LogP) is 1.41. The molecule has 2 N–H and O–H groups in total. The summed E-state index contributed by atoms with van der Waals surface area (Å²) < 4.78 is 1.44. The highest BCUT2D eigenvalue weighted by Gasteiger charge is 2.17. The lowest BCUT2D eigenvalue weighted by molar-refractivity contribution is -0.137. The molecule has 1 aromatic heterocycles. The van der Waals surface area contributed by atoms with E-state index in [1.165, 1.54) is 4.57 Å². The highest BCUT2D eigenvalue weighted by molar-refractivity contribution is 5.93. The SMILES string of the molecule is O=C(O)Cn1cccc1C(=O)NC1CC=CCC1. The number of nitrogens with one attached hydrogen (secondary N) is 1. The van der Waals surface area contributed by atoms with Gasteiger partial charge < -0.3 is 15.0 Å². The summed E-state index contributed by atoms with van der Waals surface area (Å²) >= 11 is 0. The number of carboxylic acid groups (broad SMARTS) is 1. The van der Waals surface area contributed by atoms with Crippen molar-refractivity contribution >= 4 is 11.9 Å². The molecule has 0 bridgehead atoms. The third kappa shape index (κ3) is 3.00. The fraction of sp³-hybridized carbons (Fsp3) is 0.385. The smallest absolute Gasteiger partial charge is 0.323 e. The lowest BCUT2D eigenvalue weighted by Gasteiger charge is -2.19. The van der Waals surface area contributed by atoms with Gasteiger partial charge in [-0.1, -0.05) is 12.2 Å². The van der Waals surface area contributed by atoms with Gasteiger partial charge in [-0.3, -0.25) is 9.59 Å². The van der Waals surface area contributed by atoms with Crippen molar-refractivity contribution in [3.63, 3.8) is 0 Å². The number of allylic oxidation sites excluding steroid dienone is 1. The molecule has 1 aromatic rings. The minimum absolute atomic E-state index is 0.149. The van der Waals surface area contributed by atoms with Gasteiger partial charge in [0.05, 0.1) is 0 Å². The van der Waals surface area contributed by atoms with E-state index in [9.17, 15) is 9.59 Å². The average molecular weight is 248 g/mol. The second-order valence-electron chi connectivity index (χ2n) is 4.37. The van der Waals surface area contributed by atoms with Gasteiger partial charge in [0.15, 0.2) is 0 Å². The zero-order chi connectivity index (χ0) is 13.0. The van der Waals surface area contributed by atoms with Gasteiger partial charge in [-0.05, 0) is 31.4 Å². The molecule has 1 unspecified atom stereocenters. The molecule has 2 rings (SSSR count). The van der Waals surface area contributed by atoms with Gasteiger partial charge >= 0.3 is 5.97 Å². The van der Waals surface area contributed by atoms with E-state index in [0.29, 0.717) is 5.69 Å². The van der Waals surface area contributed by atoms with Crippen molar-refractivity contribution in [3.8, 4) is 0 Å². The van der Waals surface area contributed by atoms with Crippen molar-refractivity contribution in [1.82, 2.24) is 9.88 Å². The van der Waals surface area contributed by atoms with Crippen LogP contribution in [0.2, 0.25) is 0 Å². The summed E-state index contributed by atoms with van der Waals surface area (Å²) in [5.74, 6) is -1.16. The van der Waals surface area contributed by atoms with Crippen LogP contribution in [-0.2, 0) is 11.3 Å². The summed E-state index contributed by atoms with van der Waals surface area (Å²) in [6, 6.07) is 3.46. The van der Waals surface area contributed by atoms with E-state index in [0.717, 1.165) is 19.3 Å². The maximum absolute atomic E-state index is 12.0. The number of hydrogen-bond donors (Lipinski definition) is 2. The molecule has 0 saturated carbocycles. The topological polar surface area (TPSA) is 71.3 Å². The zero-order valence-electron chi connectivity index (χ0n) is 10.0. The van der Waals surface area contributed by atoms with Crippen LogP contribution in [-0.4, -0.2) is 27.6 Å². The number of aliphatic carboxylic acids is 1. The summed E-state index contributed by atoms with van der Waals surface area (Å²) in [5.41, 5.74) is 0.395. The Morgan fingerprint density at radius 1 is 1.44 bits per heavy atom. The number of carbonyl (C=O) groups is 2. The van der Waals surface area contributed by atoms with Crippen LogP contribution >= 0.6 is 0 Å². The summed E-state index contributed by atoms with van der Waals surface area (Å²) in [6.07, 6.45) is 8.51. The predicted molar refractivity (Wildman–Crippen MR) is 66.3 cm³/mol. The minimum atomic E-state index is -0.958. The fourth-order valence-electron chi connectivity index (χ4n) is 2.09. The Labute approximate surface area is 105 Å². The van der Waals surface area contributed by atoms with Gasteiger partial charge in [0.25, 0.3) is 5.91 Å². The molecule has 0 aliphatic heterocycles. The van der Waals surface area contributed by atoms with Gasteiger partial charge in [0.2, 0.25) is 0 Å². The highest BCUT2D eigenvalue weighted by atomic mass is 16.4. The van der Waals surface area contributed by atoms with Crippen molar-refractivity contribution in [3.05, 3.63) is 36.2 Å². The first-order chi connectivity index (χ1) is 8.66. The molecule has 1 heterocycles. The molecule has 1 aliphatic carbocycles. The third-order valence-corrected chi connectivity index (χ3v) is 2.97. The van der Waals surface area contributed by atoms with Gasteiger partial charge in [-0.15, -0.1) is 0 Å². The summed E-state index contributed by atoms with van der Waals surface area (Å²) in [5, 5.41) is 11.7. The van der Waals surface area contributed by atoms with Gasteiger partial charge in [-0.25, -0.2) is 0 Å². The molecule has 5 nitrogen and oxygen atoms in total. The quantitative estimate of drug-likeness (QED) is 0.791. The van der Waals surface area contributed by atoms with E-state index in [4.69, 9.17) is 5.11 Å². The minimum Gasteiger partial charge on any atom is -0.480 e. The molecular formula is C13H16N2O3. The maximum atomic E-state index is 12.0. The van der Waals surface area contributed by atoms with Crippen LogP contribution in [0, 0.1) is 0 Å². The van der Waals surface area contributed by atoms with Crippen LogP contribution in [0.15, 0.2) is 30.5 Å². The Morgan fingerprint density at radius 3 is 2.94 bits per heavy atom. The Bertz CT molecular complexity index is 476. The number of carboxylic acids is 1. The van der Waals surface area contributed by atoms with Crippen molar-refractivity contribution in [2.75, 3.05) is 0 Å². The van der Waals surface area contributed by atoms with E-state index >= 15 is 0 Å². The first kappa shape index (κ1) is 12.4. The number of rotatable bonds is 4. The Kier molecular flexibility index (Phi) is 3.82.